The largest absolute Gasteiger partial charge is 0.383 e. The van der Waals surface area contributed by atoms with Gasteiger partial charge in [0, 0.05) is 42.6 Å². The standard InChI is InChI=1S/C15H14N4O4S2/c20-19(21)14-4-3-13(11-5-6-16-10-12(11)14)17-7-8-18-25(22,23)15-2-1-9-24-15/h1-6,9-10,17-18H,7-8H2. The van der Waals surface area contributed by atoms with Gasteiger partial charge in [-0.3, -0.25) is 15.1 Å². The third kappa shape index (κ3) is 3.76. The Morgan fingerprint density at radius 2 is 2.00 bits per heavy atom. The Morgan fingerprint density at radius 1 is 1.16 bits per heavy atom. The molecular weight excluding hydrogens is 364 g/mol. The third-order valence-corrected chi connectivity index (χ3v) is 6.34. The molecule has 3 aromatic rings. The highest BCUT2D eigenvalue weighted by Gasteiger charge is 2.15. The van der Waals surface area contributed by atoms with E-state index in [9.17, 15) is 18.5 Å². The van der Waals surface area contributed by atoms with Crippen LogP contribution in [0.1, 0.15) is 0 Å². The minimum atomic E-state index is -3.50. The van der Waals surface area contributed by atoms with Gasteiger partial charge in [0.25, 0.3) is 5.69 Å². The van der Waals surface area contributed by atoms with Crippen LogP contribution in [-0.2, 0) is 10.0 Å². The molecule has 2 aromatic heterocycles. The summed E-state index contributed by atoms with van der Waals surface area (Å²) in [4.78, 5) is 14.6. The lowest BCUT2D eigenvalue weighted by molar-refractivity contribution is -0.383. The van der Waals surface area contributed by atoms with Crippen LogP contribution >= 0.6 is 11.3 Å². The summed E-state index contributed by atoms with van der Waals surface area (Å²) in [7, 11) is -3.50. The van der Waals surface area contributed by atoms with Gasteiger partial charge in [-0.05, 0) is 23.6 Å². The van der Waals surface area contributed by atoms with E-state index in [1.807, 2.05) is 0 Å². The number of hydrogen-bond donors (Lipinski definition) is 2. The smallest absolute Gasteiger partial charge is 0.278 e. The number of sulfonamides is 1. The van der Waals surface area contributed by atoms with Crippen LogP contribution in [0.5, 0.6) is 0 Å². The summed E-state index contributed by atoms with van der Waals surface area (Å²) in [5.41, 5.74) is 0.658. The molecule has 0 aliphatic heterocycles. The lowest BCUT2D eigenvalue weighted by Gasteiger charge is -2.10. The highest BCUT2D eigenvalue weighted by Crippen LogP contribution is 2.30. The lowest BCUT2D eigenvalue weighted by Crippen LogP contribution is -2.28. The number of rotatable bonds is 7. The maximum atomic E-state index is 12.0. The Balaban J connectivity index is 1.70. The zero-order valence-corrected chi connectivity index (χ0v) is 14.5. The number of hydrogen-bond acceptors (Lipinski definition) is 7. The summed E-state index contributed by atoms with van der Waals surface area (Å²) in [6.07, 6.45) is 2.99. The predicted molar refractivity (Wildman–Crippen MR) is 96.4 cm³/mol. The van der Waals surface area contributed by atoms with Crippen molar-refractivity contribution in [3.05, 3.63) is 58.2 Å². The van der Waals surface area contributed by atoms with E-state index >= 15 is 0 Å². The fourth-order valence-corrected chi connectivity index (χ4v) is 4.43. The molecule has 0 saturated carbocycles. The molecule has 10 heteroatoms. The lowest BCUT2D eigenvalue weighted by atomic mass is 10.1. The Morgan fingerprint density at radius 3 is 2.72 bits per heavy atom. The maximum absolute atomic E-state index is 12.0. The molecule has 0 atom stereocenters. The molecule has 0 unspecified atom stereocenters. The summed E-state index contributed by atoms with van der Waals surface area (Å²) < 4.78 is 26.8. The Labute approximate surface area is 147 Å². The number of fused-ring (bicyclic) bond motifs is 1. The quantitative estimate of drug-likeness (QED) is 0.371. The van der Waals surface area contributed by atoms with E-state index in [0.29, 0.717) is 23.0 Å². The van der Waals surface area contributed by atoms with Crippen molar-refractivity contribution in [2.24, 2.45) is 0 Å². The molecule has 1 aromatic carbocycles. The Kier molecular flexibility index (Phi) is 4.93. The number of anilines is 1. The molecule has 8 nitrogen and oxygen atoms in total. The van der Waals surface area contributed by atoms with Gasteiger partial charge in [0.15, 0.2) is 0 Å². The molecule has 3 rings (SSSR count). The number of nitro groups is 1. The first-order valence-corrected chi connectivity index (χ1v) is 9.63. The number of benzene rings is 1. The number of nitrogens with one attached hydrogen (secondary N) is 2. The number of nitro benzene ring substituents is 1. The summed E-state index contributed by atoms with van der Waals surface area (Å²) >= 11 is 1.15. The van der Waals surface area contributed by atoms with Gasteiger partial charge in [0.05, 0.1) is 10.3 Å². The van der Waals surface area contributed by atoms with E-state index in [1.165, 1.54) is 18.3 Å². The van der Waals surface area contributed by atoms with Crippen LogP contribution in [0.3, 0.4) is 0 Å². The number of aromatic nitrogens is 1. The second-order valence-electron chi connectivity index (χ2n) is 5.07. The molecule has 130 valence electrons. The van der Waals surface area contributed by atoms with Crippen LogP contribution < -0.4 is 10.0 Å². The van der Waals surface area contributed by atoms with Gasteiger partial charge in [-0.15, -0.1) is 11.3 Å². The minimum Gasteiger partial charge on any atom is -0.383 e. The van der Waals surface area contributed by atoms with Gasteiger partial charge in [-0.25, -0.2) is 13.1 Å². The fraction of sp³-hybridized carbons (Fsp3) is 0.133. The van der Waals surface area contributed by atoms with Gasteiger partial charge < -0.3 is 5.32 Å². The zero-order chi connectivity index (χ0) is 17.9. The molecule has 0 radical (unpaired) electrons. The summed E-state index contributed by atoms with van der Waals surface area (Å²) in [5.74, 6) is 0. The van der Waals surface area contributed by atoms with Crippen LogP contribution in [0, 0.1) is 10.1 Å². The molecule has 0 saturated heterocycles. The van der Waals surface area contributed by atoms with Gasteiger partial charge in [0.2, 0.25) is 10.0 Å². The number of pyridine rings is 1. The zero-order valence-electron chi connectivity index (χ0n) is 12.9. The van der Waals surface area contributed by atoms with E-state index in [1.54, 1.807) is 29.8 Å². The van der Waals surface area contributed by atoms with E-state index < -0.39 is 14.9 Å². The molecule has 2 heterocycles. The molecular formula is C15H14N4O4S2. The average Bonchev–Trinajstić information content (AvgIpc) is 3.14. The maximum Gasteiger partial charge on any atom is 0.278 e. The number of thiophene rings is 1. The van der Waals surface area contributed by atoms with Crippen LogP contribution in [0.25, 0.3) is 10.8 Å². The Hall–Kier alpha value is -2.56. The highest BCUT2D eigenvalue weighted by molar-refractivity contribution is 7.91. The van der Waals surface area contributed by atoms with Crippen LogP contribution in [0.15, 0.2) is 52.3 Å². The molecule has 0 bridgehead atoms. The van der Waals surface area contributed by atoms with Crippen molar-refractivity contribution in [1.29, 1.82) is 0 Å². The topological polar surface area (TPSA) is 114 Å². The van der Waals surface area contributed by atoms with Crippen molar-refractivity contribution < 1.29 is 13.3 Å². The first-order valence-electron chi connectivity index (χ1n) is 7.27. The summed E-state index contributed by atoms with van der Waals surface area (Å²) in [6, 6.07) is 7.91. The van der Waals surface area contributed by atoms with Crippen molar-refractivity contribution in [3.8, 4) is 0 Å². The minimum absolute atomic E-state index is 0.0213. The van der Waals surface area contributed by atoms with E-state index in [4.69, 9.17) is 0 Å². The normalized spacial score (nSPS) is 11.5. The number of non-ortho nitro benzene ring substituents is 1. The number of nitrogens with zero attached hydrogens (tertiary/aromatic N) is 2. The average molecular weight is 378 g/mol. The monoisotopic (exact) mass is 378 g/mol. The van der Waals surface area contributed by atoms with E-state index in [-0.39, 0.29) is 16.4 Å². The molecule has 0 spiro atoms. The first-order chi connectivity index (χ1) is 12.0. The van der Waals surface area contributed by atoms with Crippen molar-refractivity contribution in [1.82, 2.24) is 9.71 Å². The van der Waals surface area contributed by atoms with Crippen LogP contribution in [0.4, 0.5) is 11.4 Å². The summed E-state index contributed by atoms with van der Waals surface area (Å²) in [6.45, 7) is 0.517. The second-order valence-corrected chi connectivity index (χ2v) is 8.01. The highest BCUT2D eigenvalue weighted by atomic mass is 32.2. The predicted octanol–water partition coefficient (Wildman–Crippen LogP) is 2.59. The van der Waals surface area contributed by atoms with E-state index in [0.717, 1.165) is 11.3 Å². The van der Waals surface area contributed by atoms with Crippen LogP contribution in [-0.4, -0.2) is 31.4 Å². The van der Waals surface area contributed by atoms with Crippen molar-refractivity contribution in [2.45, 2.75) is 4.21 Å². The van der Waals surface area contributed by atoms with E-state index in [2.05, 4.69) is 15.0 Å². The Bertz CT molecular complexity index is 1000. The van der Waals surface area contributed by atoms with Gasteiger partial charge >= 0.3 is 0 Å². The molecule has 0 amide bonds. The molecule has 0 aliphatic carbocycles. The van der Waals surface area contributed by atoms with Crippen molar-refractivity contribution in [2.75, 3.05) is 18.4 Å². The first kappa shape index (κ1) is 17.3. The third-order valence-electron chi connectivity index (χ3n) is 3.48. The fourth-order valence-electron chi connectivity index (χ4n) is 2.36. The second kappa shape index (κ2) is 7.13. The molecule has 0 aliphatic rings. The van der Waals surface area contributed by atoms with Gasteiger partial charge in [-0.2, -0.15) is 0 Å². The van der Waals surface area contributed by atoms with Gasteiger partial charge in [-0.1, -0.05) is 6.07 Å². The van der Waals surface area contributed by atoms with Crippen molar-refractivity contribution in [3.63, 3.8) is 0 Å². The molecule has 0 fully saturated rings. The molecule has 2 N–H and O–H groups in total. The van der Waals surface area contributed by atoms with Crippen molar-refractivity contribution >= 4 is 43.5 Å². The van der Waals surface area contributed by atoms with Crippen LogP contribution in [0.2, 0.25) is 0 Å². The summed E-state index contributed by atoms with van der Waals surface area (Å²) in [5, 5.41) is 17.0. The SMILES string of the molecule is O=[N+]([O-])c1ccc(NCCNS(=O)(=O)c2cccs2)c2ccncc12. The molecule has 25 heavy (non-hydrogen) atoms. The van der Waals surface area contributed by atoms with Gasteiger partial charge in [0.1, 0.15) is 4.21 Å².